The normalized spacial score (nSPS) is 11.0. The number of carboxylic acid groups (broad SMARTS) is 1. The molecule has 3 aromatic rings. The van der Waals surface area contributed by atoms with E-state index in [9.17, 15) is 4.79 Å². The van der Waals surface area contributed by atoms with E-state index in [-0.39, 0.29) is 0 Å². The fraction of sp³-hybridized carbons (Fsp3) is 0.0526. The lowest BCUT2D eigenvalue weighted by Crippen LogP contribution is -1.98. The Morgan fingerprint density at radius 3 is 2.83 bits per heavy atom. The lowest BCUT2D eigenvalue weighted by Gasteiger charge is -2.07. The summed E-state index contributed by atoms with van der Waals surface area (Å²) in [5.41, 5.74) is 2.55. The van der Waals surface area contributed by atoms with Gasteiger partial charge in [-0.15, -0.1) is 0 Å². The maximum Gasteiger partial charge on any atom is 0.328 e. The second-order valence-electron chi connectivity index (χ2n) is 5.03. The summed E-state index contributed by atoms with van der Waals surface area (Å²) in [5, 5.41) is 9.75. The molecule has 0 radical (unpaired) electrons. The number of ether oxygens (including phenoxy) is 1. The van der Waals surface area contributed by atoms with Crippen LogP contribution in [0.1, 0.15) is 11.3 Å². The molecule has 0 atom stereocenters. The van der Waals surface area contributed by atoms with Gasteiger partial charge in [0.1, 0.15) is 12.4 Å². The fourth-order valence-corrected chi connectivity index (χ4v) is 2.22. The molecule has 4 heteroatoms. The van der Waals surface area contributed by atoms with Crippen LogP contribution in [0.2, 0.25) is 0 Å². The van der Waals surface area contributed by atoms with Crippen molar-refractivity contribution < 1.29 is 14.6 Å². The smallest absolute Gasteiger partial charge is 0.328 e. The van der Waals surface area contributed by atoms with E-state index in [4.69, 9.17) is 9.84 Å². The molecule has 0 fully saturated rings. The summed E-state index contributed by atoms with van der Waals surface area (Å²) >= 11 is 0. The molecule has 0 bridgehead atoms. The zero-order valence-electron chi connectivity index (χ0n) is 12.3. The molecule has 0 saturated heterocycles. The molecular formula is C19H15NO3. The second kappa shape index (κ2) is 6.75. The minimum Gasteiger partial charge on any atom is -0.487 e. The van der Waals surface area contributed by atoms with Crippen LogP contribution in [0.25, 0.3) is 17.0 Å². The van der Waals surface area contributed by atoms with Gasteiger partial charge in [-0.05, 0) is 35.9 Å². The van der Waals surface area contributed by atoms with Crippen LogP contribution in [0, 0.1) is 0 Å². The summed E-state index contributed by atoms with van der Waals surface area (Å²) in [6.07, 6.45) is 2.63. The topological polar surface area (TPSA) is 59.4 Å². The average Bonchev–Trinajstić information content (AvgIpc) is 2.58. The third-order valence-corrected chi connectivity index (χ3v) is 3.32. The van der Waals surface area contributed by atoms with Crippen LogP contribution in [0.3, 0.4) is 0 Å². The predicted octanol–water partition coefficient (Wildman–Crippen LogP) is 3.91. The first-order valence-electron chi connectivity index (χ1n) is 7.19. The molecule has 0 aliphatic rings. The van der Waals surface area contributed by atoms with Crippen molar-refractivity contribution in [2.75, 3.05) is 0 Å². The molecule has 0 spiro atoms. The fourth-order valence-electron chi connectivity index (χ4n) is 2.22. The van der Waals surface area contributed by atoms with Crippen molar-refractivity contribution in [3.8, 4) is 5.75 Å². The highest BCUT2D eigenvalue weighted by Gasteiger charge is 2.00. The summed E-state index contributed by atoms with van der Waals surface area (Å²) < 4.78 is 5.74. The summed E-state index contributed by atoms with van der Waals surface area (Å²) in [5.74, 6) is -0.302. The van der Waals surface area contributed by atoms with E-state index in [1.54, 1.807) is 6.07 Å². The molecule has 0 aliphatic heterocycles. The number of aromatic nitrogens is 1. The van der Waals surface area contributed by atoms with Crippen LogP contribution in [-0.2, 0) is 11.4 Å². The Hall–Kier alpha value is -3.14. The first-order chi connectivity index (χ1) is 11.2. The van der Waals surface area contributed by atoms with Crippen molar-refractivity contribution in [3.63, 3.8) is 0 Å². The van der Waals surface area contributed by atoms with Crippen molar-refractivity contribution in [1.29, 1.82) is 0 Å². The Bertz CT molecular complexity index is 871. The van der Waals surface area contributed by atoms with Crippen LogP contribution in [-0.4, -0.2) is 16.1 Å². The highest BCUT2D eigenvalue weighted by molar-refractivity contribution is 5.85. The summed E-state index contributed by atoms with van der Waals surface area (Å²) in [4.78, 5) is 15.1. The minimum absolute atomic E-state index is 0.358. The number of hydrogen-bond acceptors (Lipinski definition) is 3. The van der Waals surface area contributed by atoms with Gasteiger partial charge >= 0.3 is 5.97 Å². The van der Waals surface area contributed by atoms with Gasteiger partial charge in [0.15, 0.2) is 0 Å². The van der Waals surface area contributed by atoms with E-state index in [1.807, 2.05) is 54.6 Å². The maximum absolute atomic E-state index is 10.5. The highest BCUT2D eigenvalue weighted by Crippen LogP contribution is 2.17. The van der Waals surface area contributed by atoms with Crippen molar-refractivity contribution in [1.82, 2.24) is 4.98 Å². The molecule has 0 amide bonds. The number of rotatable bonds is 5. The standard InChI is InChI=1S/C19H15NO3/c21-19(22)11-8-14-4-3-6-17(12-14)23-13-16-10-9-15-5-1-2-7-18(15)20-16/h1-12H,13H2,(H,21,22)/b11-8+. The third kappa shape index (κ3) is 3.95. The molecule has 3 rings (SSSR count). The van der Waals surface area contributed by atoms with Crippen molar-refractivity contribution in [2.24, 2.45) is 0 Å². The van der Waals surface area contributed by atoms with E-state index in [1.165, 1.54) is 6.08 Å². The van der Waals surface area contributed by atoms with Gasteiger partial charge in [-0.1, -0.05) is 36.4 Å². The van der Waals surface area contributed by atoms with Gasteiger partial charge < -0.3 is 9.84 Å². The number of fused-ring (bicyclic) bond motifs is 1. The highest BCUT2D eigenvalue weighted by atomic mass is 16.5. The van der Waals surface area contributed by atoms with Gasteiger partial charge in [0.2, 0.25) is 0 Å². The SMILES string of the molecule is O=C(O)/C=C/c1cccc(OCc2ccc3ccccc3n2)c1. The number of carboxylic acids is 1. The molecule has 1 N–H and O–H groups in total. The van der Waals surface area contributed by atoms with Crippen LogP contribution in [0.5, 0.6) is 5.75 Å². The summed E-state index contributed by atoms with van der Waals surface area (Å²) in [7, 11) is 0. The van der Waals surface area contributed by atoms with Gasteiger partial charge in [-0.25, -0.2) is 9.78 Å². The van der Waals surface area contributed by atoms with Gasteiger partial charge in [-0.3, -0.25) is 0 Å². The Morgan fingerprint density at radius 2 is 1.96 bits per heavy atom. The first kappa shape index (κ1) is 14.8. The Morgan fingerprint density at radius 1 is 1.09 bits per heavy atom. The monoisotopic (exact) mass is 305 g/mol. The van der Waals surface area contributed by atoms with Gasteiger partial charge in [0.25, 0.3) is 0 Å². The molecule has 0 unspecified atom stereocenters. The molecule has 2 aromatic carbocycles. The van der Waals surface area contributed by atoms with Crippen LogP contribution in [0.4, 0.5) is 0 Å². The van der Waals surface area contributed by atoms with Crippen molar-refractivity contribution in [3.05, 3.63) is 78.0 Å². The van der Waals surface area contributed by atoms with Crippen molar-refractivity contribution >= 4 is 22.9 Å². The quantitative estimate of drug-likeness (QED) is 0.726. The zero-order chi connectivity index (χ0) is 16.1. The number of aliphatic carboxylic acids is 1. The molecule has 1 aromatic heterocycles. The van der Waals surface area contributed by atoms with E-state index < -0.39 is 5.97 Å². The van der Waals surface area contributed by atoms with E-state index in [2.05, 4.69) is 4.98 Å². The Labute approximate surface area is 133 Å². The molecule has 23 heavy (non-hydrogen) atoms. The minimum atomic E-state index is -0.975. The van der Waals surface area contributed by atoms with E-state index >= 15 is 0 Å². The van der Waals surface area contributed by atoms with Crippen molar-refractivity contribution in [2.45, 2.75) is 6.61 Å². The van der Waals surface area contributed by atoms with E-state index in [0.717, 1.165) is 28.2 Å². The lowest BCUT2D eigenvalue weighted by molar-refractivity contribution is -0.131. The largest absolute Gasteiger partial charge is 0.487 e. The third-order valence-electron chi connectivity index (χ3n) is 3.32. The Kier molecular flexibility index (Phi) is 4.34. The second-order valence-corrected chi connectivity index (χ2v) is 5.03. The Balaban J connectivity index is 1.71. The number of para-hydroxylation sites is 1. The van der Waals surface area contributed by atoms with Gasteiger partial charge in [-0.2, -0.15) is 0 Å². The lowest BCUT2D eigenvalue weighted by atomic mass is 10.2. The van der Waals surface area contributed by atoms with E-state index in [0.29, 0.717) is 12.4 Å². The van der Waals surface area contributed by atoms with Crippen LogP contribution in [0.15, 0.2) is 66.7 Å². The number of benzene rings is 2. The number of hydrogen-bond donors (Lipinski definition) is 1. The molecule has 1 heterocycles. The molecule has 114 valence electrons. The number of carbonyl (C=O) groups is 1. The predicted molar refractivity (Wildman–Crippen MR) is 89.2 cm³/mol. The molecule has 0 saturated carbocycles. The van der Waals surface area contributed by atoms with Gasteiger partial charge in [0, 0.05) is 11.5 Å². The van der Waals surface area contributed by atoms with Crippen LogP contribution < -0.4 is 4.74 Å². The maximum atomic E-state index is 10.5. The zero-order valence-corrected chi connectivity index (χ0v) is 12.3. The average molecular weight is 305 g/mol. The van der Waals surface area contributed by atoms with Crippen LogP contribution >= 0.6 is 0 Å². The summed E-state index contributed by atoms with van der Waals surface area (Å²) in [6.45, 7) is 0.358. The number of pyridine rings is 1. The summed E-state index contributed by atoms with van der Waals surface area (Å²) in [6, 6.07) is 19.2. The van der Waals surface area contributed by atoms with Gasteiger partial charge in [0.05, 0.1) is 11.2 Å². The molecular weight excluding hydrogens is 290 g/mol. The number of nitrogens with zero attached hydrogens (tertiary/aromatic N) is 1. The molecule has 4 nitrogen and oxygen atoms in total. The first-order valence-corrected chi connectivity index (χ1v) is 7.19. The molecule has 0 aliphatic carbocycles.